The van der Waals surface area contributed by atoms with Crippen molar-refractivity contribution in [1.82, 2.24) is 20.1 Å². The van der Waals surface area contributed by atoms with Crippen molar-refractivity contribution in [2.75, 3.05) is 19.8 Å². The van der Waals surface area contributed by atoms with Crippen LogP contribution in [0.15, 0.2) is 54.6 Å². The van der Waals surface area contributed by atoms with Gasteiger partial charge in [0.1, 0.15) is 5.54 Å². The Morgan fingerprint density at radius 2 is 1.77 bits per heavy atom. The van der Waals surface area contributed by atoms with E-state index in [4.69, 9.17) is 4.98 Å². The molecule has 154 valence electrons. The van der Waals surface area contributed by atoms with Crippen LogP contribution >= 0.6 is 11.3 Å². The van der Waals surface area contributed by atoms with Crippen molar-refractivity contribution >= 4 is 33.5 Å². The summed E-state index contributed by atoms with van der Waals surface area (Å²) in [6.45, 7) is 3.81. The Morgan fingerprint density at radius 1 is 1.07 bits per heavy atom. The highest BCUT2D eigenvalue weighted by molar-refractivity contribution is 7.18. The highest BCUT2D eigenvalue weighted by Gasteiger charge is 2.49. The highest BCUT2D eigenvalue weighted by atomic mass is 32.1. The summed E-state index contributed by atoms with van der Waals surface area (Å²) in [5, 5.41) is 4.08. The lowest BCUT2D eigenvalue weighted by molar-refractivity contribution is -0.132. The van der Waals surface area contributed by atoms with Gasteiger partial charge in [-0.15, -0.1) is 11.3 Å². The van der Waals surface area contributed by atoms with Crippen LogP contribution in [0, 0.1) is 0 Å². The summed E-state index contributed by atoms with van der Waals surface area (Å²) in [5.41, 5.74) is 0.873. The molecule has 0 saturated carbocycles. The normalized spacial score (nSPS) is 23.3. The van der Waals surface area contributed by atoms with Gasteiger partial charge in [0, 0.05) is 19.0 Å². The fourth-order valence-corrected chi connectivity index (χ4v) is 5.52. The maximum atomic E-state index is 13.1. The third kappa shape index (κ3) is 3.28. The van der Waals surface area contributed by atoms with Gasteiger partial charge in [-0.1, -0.05) is 42.5 Å². The largest absolute Gasteiger partial charge is 0.326 e. The molecule has 30 heavy (non-hydrogen) atoms. The van der Waals surface area contributed by atoms with E-state index in [0.717, 1.165) is 37.0 Å². The molecule has 0 radical (unpaired) electrons. The SMILES string of the molecule is C[C@@]1(c2ccccc2)NC(=O)N(CN2CCC(c3nc4ccccc4s3)CC2)C1=O. The number of amides is 3. The van der Waals surface area contributed by atoms with Crippen LogP contribution < -0.4 is 5.32 Å². The lowest BCUT2D eigenvalue weighted by Crippen LogP contribution is -2.46. The number of likely N-dealkylation sites (tertiary alicyclic amines) is 1. The van der Waals surface area contributed by atoms with E-state index in [-0.39, 0.29) is 11.9 Å². The molecule has 0 bridgehead atoms. The first-order chi connectivity index (χ1) is 14.5. The molecule has 2 aliphatic rings. The monoisotopic (exact) mass is 420 g/mol. The number of carbonyl (C=O) groups is 2. The standard InChI is InChI=1S/C23H24N4O2S/c1-23(17-7-3-2-4-8-17)21(28)27(22(29)25-23)15-26-13-11-16(12-14-26)20-24-18-9-5-6-10-19(18)30-20/h2-10,16H,11-15H2,1H3,(H,25,29)/t23-/m0/s1. The second-order valence-electron chi connectivity index (χ2n) is 8.21. The molecule has 3 aromatic rings. The Bertz CT molecular complexity index is 1060. The van der Waals surface area contributed by atoms with E-state index in [1.54, 1.807) is 18.3 Å². The van der Waals surface area contributed by atoms with Crippen LogP contribution in [0.1, 0.15) is 36.3 Å². The number of imide groups is 1. The second kappa shape index (κ2) is 7.49. The molecule has 0 aliphatic carbocycles. The zero-order chi connectivity index (χ0) is 20.7. The van der Waals surface area contributed by atoms with Gasteiger partial charge in [-0.25, -0.2) is 14.7 Å². The third-order valence-electron chi connectivity index (χ3n) is 6.21. The molecule has 0 spiro atoms. The summed E-state index contributed by atoms with van der Waals surface area (Å²) in [4.78, 5) is 34.1. The molecular formula is C23H24N4O2S. The van der Waals surface area contributed by atoms with Crippen molar-refractivity contribution in [3.8, 4) is 0 Å². The number of para-hydroxylation sites is 1. The molecule has 3 amide bonds. The lowest BCUT2D eigenvalue weighted by atomic mass is 9.92. The summed E-state index contributed by atoms with van der Waals surface area (Å²) in [6.07, 6.45) is 1.97. The van der Waals surface area contributed by atoms with Gasteiger partial charge < -0.3 is 5.32 Å². The smallest absolute Gasteiger partial charge is 0.319 e. The van der Waals surface area contributed by atoms with Crippen molar-refractivity contribution in [3.63, 3.8) is 0 Å². The van der Waals surface area contributed by atoms with Gasteiger partial charge in [0.25, 0.3) is 5.91 Å². The molecule has 1 atom stereocenters. The number of hydrogen-bond acceptors (Lipinski definition) is 5. The van der Waals surface area contributed by atoms with Crippen LogP contribution in [-0.4, -0.2) is 46.5 Å². The van der Waals surface area contributed by atoms with E-state index >= 15 is 0 Å². The minimum Gasteiger partial charge on any atom is -0.319 e. The fraction of sp³-hybridized carbons (Fsp3) is 0.348. The van der Waals surface area contributed by atoms with Crippen molar-refractivity contribution in [2.24, 2.45) is 0 Å². The molecule has 2 aliphatic heterocycles. The maximum absolute atomic E-state index is 13.1. The van der Waals surface area contributed by atoms with Crippen molar-refractivity contribution < 1.29 is 9.59 Å². The van der Waals surface area contributed by atoms with Crippen molar-refractivity contribution in [3.05, 3.63) is 65.2 Å². The number of carbonyl (C=O) groups excluding carboxylic acids is 2. The van der Waals surface area contributed by atoms with E-state index in [2.05, 4.69) is 22.3 Å². The van der Waals surface area contributed by atoms with Gasteiger partial charge in [0.2, 0.25) is 0 Å². The lowest BCUT2D eigenvalue weighted by Gasteiger charge is -2.33. The van der Waals surface area contributed by atoms with Gasteiger partial charge >= 0.3 is 6.03 Å². The van der Waals surface area contributed by atoms with Crippen LogP contribution in [0.25, 0.3) is 10.2 Å². The number of fused-ring (bicyclic) bond motifs is 1. The first kappa shape index (κ1) is 19.2. The summed E-state index contributed by atoms with van der Waals surface area (Å²) >= 11 is 1.78. The van der Waals surface area contributed by atoms with Gasteiger partial charge in [-0.3, -0.25) is 9.69 Å². The molecule has 2 saturated heterocycles. The number of aromatic nitrogens is 1. The zero-order valence-corrected chi connectivity index (χ0v) is 17.7. The van der Waals surface area contributed by atoms with Crippen molar-refractivity contribution in [1.29, 1.82) is 0 Å². The van der Waals surface area contributed by atoms with Gasteiger partial charge in [0.05, 0.1) is 21.9 Å². The van der Waals surface area contributed by atoms with Crippen LogP contribution in [0.3, 0.4) is 0 Å². The number of hydrogen-bond donors (Lipinski definition) is 1. The van der Waals surface area contributed by atoms with Gasteiger partial charge in [-0.05, 0) is 37.5 Å². The van der Waals surface area contributed by atoms with E-state index in [0.29, 0.717) is 12.6 Å². The molecule has 2 fully saturated rings. The zero-order valence-electron chi connectivity index (χ0n) is 16.9. The Morgan fingerprint density at radius 3 is 2.50 bits per heavy atom. The molecule has 7 heteroatoms. The molecule has 0 unspecified atom stereocenters. The summed E-state index contributed by atoms with van der Waals surface area (Å²) in [6, 6.07) is 17.4. The van der Waals surface area contributed by atoms with Gasteiger partial charge in [-0.2, -0.15) is 0 Å². The average molecular weight is 421 g/mol. The molecule has 1 aromatic heterocycles. The minimum absolute atomic E-state index is 0.188. The summed E-state index contributed by atoms with van der Waals surface area (Å²) in [7, 11) is 0. The highest BCUT2D eigenvalue weighted by Crippen LogP contribution is 2.34. The third-order valence-corrected chi connectivity index (χ3v) is 7.41. The number of nitrogens with zero attached hydrogens (tertiary/aromatic N) is 3. The number of nitrogens with one attached hydrogen (secondary N) is 1. The molecule has 3 heterocycles. The minimum atomic E-state index is -1.00. The number of piperidine rings is 1. The average Bonchev–Trinajstić information content (AvgIpc) is 3.30. The Labute approximate surface area is 179 Å². The predicted octanol–water partition coefficient (Wildman–Crippen LogP) is 3.90. The number of thiazole rings is 1. The number of urea groups is 1. The fourth-order valence-electron chi connectivity index (χ4n) is 4.38. The van der Waals surface area contributed by atoms with Crippen molar-refractivity contribution in [2.45, 2.75) is 31.2 Å². The molecule has 5 rings (SSSR count). The van der Waals surface area contributed by atoms with Gasteiger partial charge in [0.15, 0.2) is 0 Å². The van der Waals surface area contributed by atoms with E-state index < -0.39 is 5.54 Å². The van der Waals surface area contributed by atoms with Crippen LogP contribution in [0.4, 0.5) is 4.79 Å². The van der Waals surface area contributed by atoms with Crippen LogP contribution in [0.5, 0.6) is 0 Å². The van der Waals surface area contributed by atoms with Crippen LogP contribution in [-0.2, 0) is 10.3 Å². The predicted molar refractivity (Wildman–Crippen MR) is 117 cm³/mol. The Balaban J connectivity index is 1.24. The summed E-state index contributed by atoms with van der Waals surface area (Å²) in [5.74, 6) is 0.253. The molecule has 2 aromatic carbocycles. The van der Waals surface area contributed by atoms with E-state index in [9.17, 15) is 9.59 Å². The first-order valence-corrected chi connectivity index (χ1v) is 11.1. The number of benzene rings is 2. The number of rotatable bonds is 4. The molecular weight excluding hydrogens is 396 g/mol. The van der Waals surface area contributed by atoms with E-state index in [1.165, 1.54) is 14.6 Å². The topological polar surface area (TPSA) is 65.5 Å². The maximum Gasteiger partial charge on any atom is 0.326 e. The van der Waals surface area contributed by atoms with E-state index in [1.807, 2.05) is 42.5 Å². The summed E-state index contributed by atoms with van der Waals surface area (Å²) < 4.78 is 1.23. The Kier molecular flexibility index (Phi) is 4.79. The molecule has 6 nitrogen and oxygen atoms in total. The van der Waals surface area contributed by atoms with Crippen LogP contribution in [0.2, 0.25) is 0 Å². The quantitative estimate of drug-likeness (QED) is 0.650. The second-order valence-corrected chi connectivity index (χ2v) is 9.27. The Hall–Kier alpha value is -2.77. The first-order valence-electron chi connectivity index (χ1n) is 10.3. The molecule has 1 N–H and O–H groups in total.